The zero-order valence-corrected chi connectivity index (χ0v) is 20.1. The summed E-state index contributed by atoms with van der Waals surface area (Å²) < 4.78 is 19.9. The highest BCUT2D eigenvalue weighted by atomic mass is 35.5. The number of ether oxygens (including phenoxy) is 1. The molecule has 2 aliphatic carbocycles. The van der Waals surface area contributed by atoms with Gasteiger partial charge in [0.05, 0.1) is 17.2 Å². The number of nitrogens with zero attached hydrogens (tertiary/aromatic N) is 1. The number of methoxy groups -OCH3 is 1. The normalized spacial score (nSPS) is 22.6. The maximum atomic E-state index is 14.7. The number of hydrogen-bond acceptors (Lipinski definition) is 6. The average molecular weight is 477 g/mol. The summed E-state index contributed by atoms with van der Waals surface area (Å²) in [6, 6.07) is 7.83. The van der Waals surface area contributed by atoms with Gasteiger partial charge in [-0.2, -0.15) is 0 Å². The molecule has 1 heterocycles. The van der Waals surface area contributed by atoms with Crippen molar-refractivity contribution in [3.63, 3.8) is 0 Å². The molecule has 0 amide bonds. The van der Waals surface area contributed by atoms with Gasteiger partial charge in [0.2, 0.25) is 0 Å². The van der Waals surface area contributed by atoms with Crippen LogP contribution in [0.5, 0.6) is 0 Å². The molecule has 33 heavy (non-hydrogen) atoms. The lowest BCUT2D eigenvalue weighted by atomic mass is 9.90. The first-order valence-electron chi connectivity index (χ1n) is 11.8. The lowest BCUT2D eigenvalue weighted by Crippen LogP contribution is -2.42. The van der Waals surface area contributed by atoms with Crippen LogP contribution in [0.2, 0.25) is 5.02 Å². The largest absolute Gasteiger partial charge is 0.388 e. The van der Waals surface area contributed by atoms with Crippen LogP contribution in [0.25, 0.3) is 11.1 Å². The van der Waals surface area contributed by atoms with Crippen molar-refractivity contribution in [2.24, 2.45) is 0 Å². The van der Waals surface area contributed by atoms with E-state index in [-0.39, 0.29) is 5.82 Å². The summed E-state index contributed by atoms with van der Waals surface area (Å²) >= 11 is 6.41. The Morgan fingerprint density at radius 3 is 2.61 bits per heavy atom. The fourth-order valence-electron chi connectivity index (χ4n) is 4.47. The van der Waals surface area contributed by atoms with Gasteiger partial charge in [0.15, 0.2) is 0 Å². The number of aromatic nitrogens is 1. The van der Waals surface area contributed by atoms with Crippen LogP contribution in [0.4, 0.5) is 15.9 Å². The molecule has 8 heteroatoms. The third kappa shape index (κ3) is 6.57. The van der Waals surface area contributed by atoms with Crippen LogP contribution in [0.3, 0.4) is 0 Å². The van der Waals surface area contributed by atoms with E-state index < -0.39 is 5.60 Å². The highest BCUT2D eigenvalue weighted by Gasteiger charge is 2.39. The number of rotatable bonds is 10. The zero-order chi connectivity index (χ0) is 23.4. The molecule has 0 spiro atoms. The molecule has 0 bridgehead atoms. The van der Waals surface area contributed by atoms with Crippen molar-refractivity contribution in [1.29, 1.82) is 0 Å². The van der Waals surface area contributed by atoms with Crippen LogP contribution in [0, 0.1) is 5.82 Å². The van der Waals surface area contributed by atoms with Crippen LogP contribution in [-0.4, -0.2) is 54.1 Å². The smallest absolute Gasteiger partial charge is 0.131 e. The van der Waals surface area contributed by atoms with Gasteiger partial charge < -0.3 is 25.8 Å². The molecule has 0 unspecified atom stereocenters. The van der Waals surface area contributed by atoms with Crippen molar-refractivity contribution in [2.75, 3.05) is 30.9 Å². The van der Waals surface area contributed by atoms with E-state index in [1.165, 1.54) is 6.07 Å². The molecule has 4 rings (SSSR count). The number of pyridine rings is 1. The van der Waals surface area contributed by atoms with Crippen molar-refractivity contribution < 1.29 is 14.2 Å². The molecule has 1 aromatic carbocycles. The van der Waals surface area contributed by atoms with Crippen molar-refractivity contribution in [3.8, 4) is 11.1 Å². The van der Waals surface area contributed by atoms with Crippen LogP contribution in [0.15, 0.2) is 30.5 Å². The van der Waals surface area contributed by atoms with Gasteiger partial charge in [-0.3, -0.25) is 0 Å². The number of benzene rings is 1. The molecule has 6 nitrogen and oxygen atoms in total. The number of aliphatic hydroxyl groups is 1. The van der Waals surface area contributed by atoms with E-state index in [1.54, 1.807) is 25.4 Å². The highest BCUT2D eigenvalue weighted by Crippen LogP contribution is 2.36. The summed E-state index contributed by atoms with van der Waals surface area (Å²) in [6.45, 7) is 3.31. The van der Waals surface area contributed by atoms with Crippen molar-refractivity contribution in [2.45, 2.75) is 69.2 Å². The van der Waals surface area contributed by atoms with Gasteiger partial charge in [0.25, 0.3) is 0 Å². The van der Waals surface area contributed by atoms with E-state index in [2.05, 4.69) is 27.9 Å². The summed E-state index contributed by atoms with van der Waals surface area (Å²) in [5.74, 6) is 0.352. The first-order valence-corrected chi connectivity index (χ1v) is 12.2. The van der Waals surface area contributed by atoms with Gasteiger partial charge in [0, 0.05) is 54.8 Å². The molecular weight excluding hydrogens is 443 g/mol. The molecule has 2 aromatic rings. The second kappa shape index (κ2) is 10.6. The minimum Gasteiger partial charge on any atom is -0.388 e. The second-order valence-electron chi connectivity index (χ2n) is 9.54. The van der Waals surface area contributed by atoms with Crippen molar-refractivity contribution >= 4 is 23.1 Å². The number of anilines is 2. The summed E-state index contributed by atoms with van der Waals surface area (Å²) in [5, 5.41) is 20.8. The molecule has 1 atom stereocenters. The van der Waals surface area contributed by atoms with Gasteiger partial charge >= 0.3 is 0 Å². The fourth-order valence-corrected chi connectivity index (χ4v) is 4.67. The van der Waals surface area contributed by atoms with Crippen LogP contribution in [-0.2, 0) is 4.74 Å². The average Bonchev–Trinajstić information content (AvgIpc) is 3.53. The molecule has 180 valence electrons. The monoisotopic (exact) mass is 476 g/mol. The van der Waals surface area contributed by atoms with Gasteiger partial charge in [-0.25, -0.2) is 9.37 Å². The van der Waals surface area contributed by atoms with Crippen LogP contribution >= 0.6 is 11.6 Å². The number of nitrogens with one attached hydrogen (secondary N) is 3. The Balaban J connectivity index is 1.40. The molecule has 0 aliphatic heterocycles. The Morgan fingerprint density at radius 1 is 1.18 bits per heavy atom. The van der Waals surface area contributed by atoms with Gasteiger partial charge in [0.1, 0.15) is 11.6 Å². The lowest BCUT2D eigenvalue weighted by Gasteiger charge is -2.32. The SMILES string of the molecule is COC[C@@H](C)N[C@H]1CC[C@H](Nc2cc(-c3cc(NCC4(O)CC4)ccc3F)c(Cl)cn2)CC1. The molecule has 1 aromatic heterocycles. The van der Waals surface area contributed by atoms with E-state index in [0.29, 0.717) is 53.2 Å². The topological polar surface area (TPSA) is 78.4 Å². The summed E-state index contributed by atoms with van der Waals surface area (Å²) in [4.78, 5) is 4.43. The fraction of sp³-hybridized carbons (Fsp3) is 0.560. The minimum atomic E-state index is -0.629. The maximum absolute atomic E-state index is 14.7. The Hall–Kier alpha value is -1.93. The third-order valence-electron chi connectivity index (χ3n) is 6.58. The third-order valence-corrected chi connectivity index (χ3v) is 6.88. The van der Waals surface area contributed by atoms with Gasteiger partial charge in [-0.15, -0.1) is 0 Å². The molecule has 2 saturated carbocycles. The van der Waals surface area contributed by atoms with Crippen molar-refractivity contribution in [1.82, 2.24) is 10.3 Å². The van der Waals surface area contributed by atoms with E-state index in [4.69, 9.17) is 16.3 Å². The summed E-state index contributed by atoms with van der Waals surface area (Å²) in [7, 11) is 1.73. The van der Waals surface area contributed by atoms with Gasteiger partial charge in [-0.05, 0) is 69.7 Å². The molecular formula is C25H34ClFN4O2. The van der Waals surface area contributed by atoms with Crippen LogP contribution < -0.4 is 16.0 Å². The maximum Gasteiger partial charge on any atom is 0.131 e. The Morgan fingerprint density at radius 2 is 1.91 bits per heavy atom. The molecule has 2 fully saturated rings. The second-order valence-corrected chi connectivity index (χ2v) is 9.95. The Kier molecular flexibility index (Phi) is 7.74. The minimum absolute atomic E-state index is 0.319. The van der Waals surface area contributed by atoms with Crippen LogP contribution in [0.1, 0.15) is 45.4 Å². The Bertz CT molecular complexity index is 948. The molecule has 0 radical (unpaired) electrons. The van der Waals surface area contributed by atoms with E-state index in [1.807, 2.05) is 6.07 Å². The van der Waals surface area contributed by atoms with E-state index in [9.17, 15) is 9.50 Å². The molecule has 2 aliphatic rings. The van der Waals surface area contributed by atoms with E-state index >= 15 is 0 Å². The number of halogens is 2. The summed E-state index contributed by atoms with van der Waals surface area (Å²) in [6.07, 6.45) is 7.40. The van der Waals surface area contributed by atoms with E-state index in [0.717, 1.165) is 44.2 Å². The number of hydrogen-bond donors (Lipinski definition) is 4. The quantitative estimate of drug-likeness (QED) is 0.393. The predicted octanol–water partition coefficient (Wildman–Crippen LogP) is 4.83. The molecule has 4 N–H and O–H groups in total. The standard InChI is InChI=1S/C25H34ClFN4O2/c1-16(14-33-2)30-17-3-5-18(6-4-17)31-24-12-20(22(26)13-28-24)21-11-19(7-8-23(21)27)29-15-25(32)9-10-25/h7-8,11-13,16-18,29-30,32H,3-6,9-10,14-15H2,1-2H3,(H,28,31)/t16-,17-,18-/m1/s1. The zero-order valence-electron chi connectivity index (χ0n) is 19.3. The highest BCUT2D eigenvalue weighted by molar-refractivity contribution is 6.33. The van der Waals surface area contributed by atoms with Gasteiger partial charge in [-0.1, -0.05) is 11.6 Å². The van der Waals surface area contributed by atoms with Crippen molar-refractivity contribution in [3.05, 3.63) is 41.3 Å². The Labute approximate surface area is 200 Å². The lowest BCUT2D eigenvalue weighted by molar-refractivity contribution is 0.161. The molecule has 0 saturated heterocycles. The summed E-state index contributed by atoms with van der Waals surface area (Å²) in [5.41, 5.74) is 1.14. The first kappa shape index (κ1) is 24.2. The first-order chi connectivity index (χ1) is 15.8. The predicted molar refractivity (Wildman–Crippen MR) is 131 cm³/mol.